The van der Waals surface area contributed by atoms with Gasteiger partial charge in [0.05, 0.1) is 30.1 Å². The number of aliphatic hydroxyl groups is 1. The fraction of sp³-hybridized carbons (Fsp3) is 0.250. The van der Waals surface area contributed by atoms with Gasteiger partial charge in [0.1, 0.15) is 5.69 Å². The van der Waals surface area contributed by atoms with Crippen LogP contribution in [0, 0.1) is 0 Å². The first-order chi connectivity index (χ1) is 13.8. The summed E-state index contributed by atoms with van der Waals surface area (Å²) in [6.07, 6.45) is -1.32. The highest BCUT2D eigenvalue weighted by Crippen LogP contribution is 2.34. The van der Waals surface area contributed by atoms with E-state index in [1.807, 2.05) is 6.92 Å². The molecular formula is C20H19F3N4O2S. The van der Waals surface area contributed by atoms with Crippen molar-refractivity contribution in [3.63, 3.8) is 0 Å². The van der Waals surface area contributed by atoms with Gasteiger partial charge in [-0.2, -0.15) is 31.8 Å². The molecule has 0 aliphatic carbocycles. The van der Waals surface area contributed by atoms with Crippen molar-refractivity contribution in [1.82, 2.24) is 14.8 Å². The maximum absolute atomic E-state index is 13.2. The molecule has 1 atom stereocenters. The number of aromatic nitrogens is 3. The Morgan fingerprint density at radius 2 is 1.90 bits per heavy atom. The van der Waals surface area contributed by atoms with E-state index in [4.69, 9.17) is 0 Å². The molecule has 0 spiro atoms. The van der Waals surface area contributed by atoms with Crippen LogP contribution in [-0.4, -0.2) is 32.3 Å². The minimum Gasteiger partial charge on any atom is -0.390 e. The van der Waals surface area contributed by atoms with Crippen LogP contribution in [0.5, 0.6) is 0 Å². The van der Waals surface area contributed by atoms with Crippen LogP contribution in [0.15, 0.2) is 48.8 Å². The number of pyridine rings is 1. The van der Waals surface area contributed by atoms with Gasteiger partial charge in [-0.1, -0.05) is 0 Å². The van der Waals surface area contributed by atoms with Crippen LogP contribution in [0.2, 0.25) is 0 Å². The Morgan fingerprint density at radius 1 is 1.20 bits per heavy atom. The third-order valence-electron chi connectivity index (χ3n) is 4.90. The minimum absolute atomic E-state index is 0. The number of carbonyl (C=O) groups excluding carboxylic acids is 1. The second kappa shape index (κ2) is 8.11. The Kier molecular flexibility index (Phi) is 5.91. The summed E-state index contributed by atoms with van der Waals surface area (Å²) >= 11 is 0. The number of hydrogen-bond acceptors (Lipinski definition) is 4. The number of alkyl halides is 3. The van der Waals surface area contributed by atoms with Gasteiger partial charge in [0.15, 0.2) is 0 Å². The molecule has 2 aromatic heterocycles. The molecule has 30 heavy (non-hydrogen) atoms. The zero-order chi connectivity index (χ0) is 20.8. The molecule has 0 saturated heterocycles. The first-order valence-electron chi connectivity index (χ1n) is 8.92. The van der Waals surface area contributed by atoms with Crippen molar-refractivity contribution in [2.45, 2.75) is 25.7 Å². The highest BCUT2D eigenvalue weighted by molar-refractivity contribution is 7.59. The first-order valence-corrected chi connectivity index (χ1v) is 8.92. The first kappa shape index (κ1) is 21.8. The molecule has 3 aromatic rings. The molecule has 6 nitrogen and oxygen atoms in total. The smallest absolute Gasteiger partial charge is 0.390 e. The van der Waals surface area contributed by atoms with Crippen LogP contribution in [0.4, 0.5) is 18.9 Å². The number of halogens is 3. The second-order valence-corrected chi connectivity index (χ2v) is 6.85. The Bertz CT molecular complexity index is 1070. The number of aliphatic hydroxyl groups excluding tert-OH is 1. The van der Waals surface area contributed by atoms with E-state index in [0.717, 1.165) is 12.1 Å². The molecule has 1 amide bonds. The SMILES string of the molecule is C[C@H]1CN(c2ccc(C(F)(F)F)cc2)C(=O)c2c(-c3ccnc(CO)c3)cnn21.S. The average Bonchev–Trinajstić information content (AvgIpc) is 3.16. The van der Waals surface area contributed by atoms with Crippen molar-refractivity contribution in [2.75, 3.05) is 11.4 Å². The zero-order valence-electron chi connectivity index (χ0n) is 15.9. The summed E-state index contributed by atoms with van der Waals surface area (Å²) in [5, 5.41) is 13.7. The van der Waals surface area contributed by atoms with Crippen LogP contribution in [-0.2, 0) is 12.8 Å². The van der Waals surface area contributed by atoms with Crippen LogP contribution < -0.4 is 4.90 Å². The van der Waals surface area contributed by atoms with Gasteiger partial charge < -0.3 is 10.0 Å². The minimum atomic E-state index is -4.44. The van der Waals surface area contributed by atoms with E-state index in [2.05, 4.69) is 10.1 Å². The molecule has 0 bridgehead atoms. The number of nitrogens with zero attached hydrogens (tertiary/aromatic N) is 4. The van der Waals surface area contributed by atoms with Gasteiger partial charge >= 0.3 is 6.18 Å². The van der Waals surface area contributed by atoms with Crippen LogP contribution in [0.1, 0.15) is 34.7 Å². The monoisotopic (exact) mass is 436 g/mol. The Balaban J connectivity index is 0.00000256. The largest absolute Gasteiger partial charge is 0.416 e. The van der Waals surface area contributed by atoms with Gasteiger partial charge in [0.2, 0.25) is 0 Å². The predicted molar refractivity (Wildman–Crippen MR) is 110 cm³/mol. The number of anilines is 1. The zero-order valence-corrected chi connectivity index (χ0v) is 16.9. The standard InChI is InChI=1S/C20H17F3N4O2.H2S/c1-12-10-26(16-4-2-14(3-5-16)20(21,22)23)19(29)18-17(9-25-27(12)18)13-6-7-24-15(8-13)11-28;/h2-9,12,28H,10-11H2,1H3;1H2/t12-;/m0./s1. The van der Waals surface area contributed by atoms with E-state index >= 15 is 0 Å². The van der Waals surface area contributed by atoms with E-state index in [-0.39, 0.29) is 38.6 Å². The second-order valence-electron chi connectivity index (χ2n) is 6.85. The van der Waals surface area contributed by atoms with Crippen molar-refractivity contribution in [3.8, 4) is 11.1 Å². The molecule has 0 saturated carbocycles. The van der Waals surface area contributed by atoms with E-state index < -0.39 is 11.7 Å². The number of amides is 1. The maximum atomic E-state index is 13.2. The van der Waals surface area contributed by atoms with E-state index in [0.29, 0.717) is 28.2 Å². The van der Waals surface area contributed by atoms with Crippen LogP contribution in [0.25, 0.3) is 11.1 Å². The van der Waals surface area contributed by atoms with Gasteiger partial charge in [-0.15, -0.1) is 0 Å². The summed E-state index contributed by atoms with van der Waals surface area (Å²) in [6.45, 7) is 1.94. The van der Waals surface area contributed by atoms with Crippen LogP contribution >= 0.6 is 13.5 Å². The summed E-state index contributed by atoms with van der Waals surface area (Å²) < 4.78 is 40.2. The Morgan fingerprint density at radius 3 is 2.53 bits per heavy atom. The normalized spacial score (nSPS) is 16.2. The van der Waals surface area contributed by atoms with Gasteiger partial charge in [-0.3, -0.25) is 14.5 Å². The molecular weight excluding hydrogens is 417 g/mol. The number of hydrogen-bond donors (Lipinski definition) is 1. The van der Waals surface area contributed by atoms with Gasteiger partial charge in [-0.05, 0) is 48.9 Å². The number of benzene rings is 1. The summed E-state index contributed by atoms with van der Waals surface area (Å²) in [5.74, 6) is -0.349. The fourth-order valence-electron chi connectivity index (χ4n) is 3.46. The average molecular weight is 436 g/mol. The molecule has 1 aromatic carbocycles. The van der Waals surface area contributed by atoms with Gasteiger partial charge in [0, 0.05) is 24.0 Å². The molecule has 0 unspecified atom stereocenters. The molecule has 3 heterocycles. The number of fused-ring (bicyclic) bond motifs is 1. The lowest BCUT2D eigenvalue weighted by molar-refractivity contribution is -0.137. The lowest BCUT2D eigenvalue weighted by Crippen LogP contribution is -2.42. The highest BCUT2D eigenvalue weighted by Gasteiger charge is 2.35. The molecule has 1 N–H and O–H groups in total. The summed E-state index contributed by atoms with van der Waals surface area (Å²) in [4.78, 5) is 18.7. The molecule has 10 heteroatoms. The Labute approximate surface area is 177 Å². The quantitative estimate of drug-likeness (QED) is 0.678. The molecule has 1 aliphatic rings. The third-order valence-corrected chi connectivity index (χ3v) is 4.90. The van der Waals surface area contributed by atoms with E-state index in [1.165, 1.54) is 23.2 Å². The molecule has 4 rings (SSSR count). The molecule has 0 radical (unpaired) electrons. The van der Waals surface area contributed by atoms with Gasteiger partial charge in [-0.25, -0.2) is 0 Å². The number of carbonyl (C=O) groups is 1. The van der Waals surface area contributed by atoms with Crippen molar-refractivity contribution < 1.29 is 23.1 Å². The summed E-state index contributed by atoms with van der Waals surface area (Å²) in [5.41, 5.74) is 1.68. The van der Waals surface area contributed by atoms with E-state index in [1.54, 1.807) is 23.0 Å². The lowest BCUT2D eigenvalue weighted by atomic mass is 10.0. The summed E-state index contributed by atoms with van der Waals surface area (Å²) in [7, 11) is 0. The van der Waals surface area contributed by atoms with E-state index in [9.17, 15) is 23.1 Å². The van der Waals surface area contributed by atoms with Crippen molar-refractivity contribution in [1.29, 1.82) is 0 Å². The topological polar surface area (TPSA) is 71.2 Å². The van der Waals surface area contributed by atoms with Crippen molar-refractivity contribution in [3.05, 3.63) is 65.7 Å². The molecule has 1 aliphatic heterocycles. The molecule has 158 valence electrons. The number of rotatable bonds is 3. The highest BCUT2D eigenvalue weighted by atomic mass is 32.1. The lowest BCUT2D eigenvalue weighted by Gasteiger charge is -2.32. The third kappa shape index (κ3) is 3.80. The fourth-order valence-corrected chi connectivity index (χ4v) is 3.46. The summed E-state index contributed by atoms with van der Waals surface area (Å²) in [6, 6.07) is 7.76. The maximum Gasteiger partial charge on any atom is 0.416 e. The van der Waals surface area contributed by atoms with Crippen LogP contribution in [0.3, 0.4) is 0 Å². The van der Waals surface area contributed by atoms with Gasteiger partial charge in [0.25, 0.3) is 5.91 Å². The van der Waals surface area contributed by atoms with Crippen molar-refractivity contribution in [2.24, 2.45) is 0 Å². The van der Waals surface area contributed by atoms with Crippen molar-refractivity contribution >= 4 is 25.1 Å². The Hall–Kier alpha value is -2.85. The molecule has 0 fully saturated rings. The predicted octanol–water partition coefficient (Wildman–Crippen LogP) is 3.79.